The first-order chi connectivity index (χ1) is 12.5. The van der Waals surface area contributed by atoms with Crippen molar-refractivity contribution in [3.63, 3.8) is 0 Å². The molecule has 0 aliphatic heterocycles. The highest BCUT2D eigenvalue weighted by molar-refractivity contribution is 5.95. The van der Waals surface area contributed by atoms with Gasteiger partial charge in [-0.15, -0.1) is 12.4 Å². The molecule has 2 atom stereocenters. The quantitative estimate of drug-likeness (QED) is 0.844. The normalized spacial score (nSPS) is 26.9. The number of nitrogens with zero attached hydrogens (tertiary/aromatic N) is 2. The lowest BCUT2D eigenvalue weighted by Gasteiger charge is -2.45. The lowest BCUT2D eigenvalue weighted by Crippen LogP contribution is -2.53. The standard InChI is InChI=1S/C21H28N4O.ClH/c1-13-5-3-8-18(9-13)25-14(2)19(12-23-25)21(26)24-20-15-6-4-7-16(20)11-17(22)10-15;/h3,5,8-9,12,15-17,20H,4,6-7,10-11,22H2,1-2H3,(H,24,26);1H. The molecule has 1 amide bonds. The number of nitrogens with one attached hydrogen (secondary N) is 1. The maximum Gasteiger partial charge on any atom is 0.254 e. The predicted octanol–water partition coefficient (Wildman–Crippen LogP) is 3.55. The van der Waals surface area contributed by atoms with E-state index in [-0.39, 0.29) is 24.4 Å². The van der Waals surface area contributed by atoms with Crippen LogP contribution in [0.3, 0.4) is 0 Å². The van der Waals surface area contributed by atoms with E-state index >= 15 is 0 Å². The van der Waals surface area contributed by atoms with Gasteiger partial charge in [0.25, 0.3) is 5.91 Å². The van der Waals surface area contributed by atoms with Crippen molar-refractivity contribution < 1.29 is 4.79 Å². The van der Waals surface area contributed by atoms with Gasteiger partial charge in [0, 0.05) is 12.1 Å². The number of amides is 1. The summed E-state index contributed by atoms with van der Waals surface area (Å²) in [4.78, 5) is 13.0. The molecule has 1 heterocycles. The van der Waals surface area contributed by atoms with Gasteiger partial charge in [-0.1, -0.05) is 18.6 Å². The smallest absolute Gasteiger partial charge is 0.254 e. The zero-order valence-corrected chi connectivity index (χ0v) is 16.8. The van der Waals surface area contributed by atoms with E-state index in [9.17, 15) is 4.79 Å². The first-order valence-corrected chi connectivity index (χ1v) is 9.71. The van der Waals surface area contributed by atoms with Crippen molar-refractivity contribution in [1.82, 2.24) is 15.1 Å². The largest absolute Gasteiger partial charge is 0.349 e. The summed E-state index contributed by atoms with van der Waals surface area (Å²) in [6.45, 7) is 4.02. The minimum atomic E-state index is -0.00113. The van der Waals surface area contributed by atoms with Gasteiger partial charge in [0.05, 0.1) is 23.1 Å². The molecule has 3 N–H and O–H groups in total. The van der Waals surface area contributed by atoms with Gasteiger partial charge in [-0.2, -0.15) is 5.10 Å². The number of nitrogens with two attached hydrogens (primary N) is 1. The first kappa shape index (κ1) is 19.9. The molecule has 2 bridgehead atoms. The average Bonchev–Trinajstić information content (AvgIpc) is 2.97. The fourth-order valence-corrected chi connectivity index (χ4v) is 4.91. The Labute approximate surface area is 167 Å². The van der Waals surface area contributed by atoms with E-state index in [1.54, 1.807) is 6.20 Å². The molecule has 2 fully saturated rings. The Balaban J connectivity index is 0.00000210. The van der Waals surface area contributed by atoms with Crippen LogP contribution in [0.4, 0.5) is 0 Å². The summed E-state index contributed by atoms with van der Waals surface area (Å²) in [6, 6.07) is 8.72. The minimum absolute atomic E-state index is 0. The summed E-state index contributed by atoms with van der Waals surface area (Å²) in [5.41, 5.74) is 9.92. The number of rotatable bonds is 3. The zero-order chi connectivity index (χ0) is 18.3. The van der Waals surface area contributed by atoms with Crippen molar-refractivity contribution in [3.8, 4) is 5.69 Å². The van der Waals surface area contributed by atoms with E-state index < -0.39 is 0 Å². The molecule has 2 aliphatic carbocycles. The van der Waals surface area contributed by atoms with Crippen LogP contribution in [0, 0.1) is 25.7 Å². The molecular weight excluding hydrogens is 360 g/mol. The molecule has 1 aromatic heterocycles. The number of benzene rings is 1. The molecule has 0 saturated heterocycles. The van der Waals surface area contributed by atoms with Crippen LogP contribution in [0.15, 0.2) is 30.5 Å². The third-order valence-corrected chi connectivity index (χ3v) is 6.17. The van der Waals surface area contributed by atoms with Gasteiger partial charge in [-0.25, -0.2) is 4.68 Å². The topological polar surface area (TPSA) is 72.9 Å². The van der Waals surface area contributed by atoms with Gasteiger partial charge in [-0.3, -0.25) is 4.79 Å². The molecular formula is C21H29ClN4O. The maximum atomic E-state index is 13.0. The molecule has 5 nitrogen and oxygen atoms in total. The molecule has 4 rings (SSSR count). The Hall–Kier alpha value is -1.85. The Morgan fingerprint density at radius 3 is 2.59 bits per heavy atom. The van der Waals surface area contributed by atoms with E-state index in [1.807, 2.05) is 23.7 Å². The highest BCUT2D eigenvalue weighted by Gasteiger charge is 2.40. The number of hydrogen-bond donors (Lipinski definition) is 2. The Morgan fingerprint density at radius 2 is 1.93 bits per heavy atom. The number of carbonyl (C=O) groups is 1. The molecule has 146 valence electrons. The van der Waals surface area contributed by atoms with Crippen LogP contribution in [-0.4, -0.2) is 27.8 Å². The summed E-state index contributed by atoms with van der Waals surface area (Å²) in [5, 5.41) is 7.79. The van der Waals surface area contributed by atoms with Gasteiger partial charge in [0.1, 0.15) is 0 Å². The van der Waals surface area contributed by atoms with E-state index in [1.165, 1.54) is 24.8 Å². The number of aromatic nitrogens is 2. The third-order valence-electron chi connectivity index (χ3n) is 6.17. The molecule has 2 saturated carbocycles. The van der Waals surface area contributed by atoms with E-state index in [0.29, 0.717) is 23.4 Å². The second-order valence-corrected chi connectivity index (χ2v) is 8.08. The summed E-state index contributed by atoms with van der Waals surface area (Å²) in [7, 11) is 0. The fraction of sp³-hybridized carbons (Fsp3) is 0.524. The van der Waals surface area contributed by atoms with Crippen LogP contribution >= 0.6 is 12.4 Å². The molecule has 27 heavy (non-hydrogen) atoms. The maximum absolute atomic E-state index is 13.0. The number of fused-ring (bicyclic) bond motifs is 2. The van der Waals surface area contributed by atoms with Crippen LogP contribution < -0.4 is 11.1 Å². The minimum Gasteiger partial charge on any atom is -0.349 e. The zero-order valence-electron chi connectivity index (χ0n) is 16.0. The Kier molecular flexibility index (Phi) is 5.92. The van der Waals surface area contributed by atoms with Crippen LogP contribution in [0.25, 0.3) is 5.69 Å². The van der Waals surface area contributed by atoms with Crippen molar-refractivity contribution in [2.75, 3.05) is 0 Å². The van der Waals surface area contributed by atoms with Gasteiger partial charge >= 0.3 is 0 Å². The summed E-state index contributed by atoms with van der Waals surface area (Å²) in [5.74, 6) is 1.04. The lowest BCUT2D eigenvalue weighted by atomic mass is 9.67. The molecule has 1 aromatic carbocycles. The van der Waals surface area contributed by atoms with Crippen molar-refractivity contribution >= 4 is 18.3 Å². The van der Waals surface area contributed by atoms with Crippen molar-refractivity contribution in [2.45, 2.75) is 58.0 Å². The first-order valence-electron chi connectivity index (χ1n) is 9.71. The van der Waals surface area contributed by atoms with Gasteiger partial charge < -0.3 is 11.1 Å². The second-order valence-electron chi connectivity index (χ2n) is 8.08. The highest BCUT2D eigenvalue weighted by Crippen LogP contribution is 2.39. The van der Waals surface area contributed by atoms with Crippen molar-refractivity contribution in [1.29, 1.82) is 0 Å². The van der Waals surface area contributed by atoms with Gasteiger partial charge in [-0.05, 0) is 69.1 Å². The van der Waals surface area contributed by atoms with Crippen LogP contribution in [-0.2, 0) is 0 Å². The van der Waals surface area contributed by atoms with E-state index in [0.717, 1.165) is 24.2 Å². The van der Waals surface area contributed by atoms with Crippen LogP contribution in [0.5, 0.6) is 0 Å². The number of halogens is 1. The molecule has 2 aromatic rings. The summed E-state index contributed by atoms with van der Waals surface area (Å²) >= 11 is 0. The van der Waals surface area contributed by atoms with Crippen LogP contribution in [0.1, 0.15) is 53.7 Å². The molecule has 0 radical (unpaired) electrons. The van der Waals surface area contributed by atoms with Crippen molar-refractivity contribution in [3.05, 3.63) is 47.3 Å². The van der Waals surface area contributed by atoms with Gasteiger partial charge in [0.15, 0.2) is 0 Å². The second kappa shape index (κ2) is 8.03. The van der Waals surface area contributed by atoms with Gasteiger partial charge in [0.2, 0.25) is 0 Å². The molecule has 0 spiro atoms. The number of hydrogen-bond acceptors (Lipinski definition) is 3. The monoisotopic (exact) mass is 388 g/mol. The summed E-state index contributed by atoms with van der Waals surface area (Å²) in [6.07, 6.45) is 7.37. The van der Waals surface area contributed by atoms with Crippen molar-refractivity contribution in [2.24, 2.45) is 17.6 Å². The SMILES string of the molecule is Cc1cccc(-n2ncc(C(=O)NC3C4CCCC3CC(N)C4)c2C)c1.Cl. The third kappa shape index (κ3) is 3.90. The Bertz CT molecular complexity index is 804. The number of aryl methyl sites for hydroxylation is 1. The van der Waals surface area contributed by atoms with E-state index in [2.05, 4.69) is 29.5 Å². The molecule has 2 unspecified atom stereocenters. The lowest BCUT2D eigenvalue weighted by molar-refractivity contribution is 0.0755. The summed E-state index contributed by atoms with van der Waals surface area (Å²) < 4.78 is 1.85. The Morgan fingerprint density at radius 1 is 1.22 bits per heavy atom. The predicted molar refractivity (Wildman–Crippen MR) is 110 cm³/mol. The molecule has 2 aliphatic rings. The van der Waals surface area contributed by atoms with E-state index in [4.69, 9.17) is 5.73 Å². The highest BCUT2D eigenvalue weighted by atomic mass is 35.5. The van der Waals surface area contributed by atoms with Crippen LogP contribution in [0.2, 0.25) is 0 Å². The fourth-order valence-electron chi connectivity index (χ4n) is 4.91. The molecule has 6 heteroatoms. The number of carbonyl (C=O) groups excluding carboxylic acids is 1. The average molecular weight is 389 g/mol.